The number of hydrogen-bond donors (Lipinski definition) is 1. The SMILES string of the molecule is CN(C)C[C@@]1(O)CCN(C(=O)c2cnc(CN3CCCC3)s2)C1. The molecule has 0 radical (unpaired) electrons. The fourth-order valence-corrected chi connectivity index (χ4v) is 4.45. The molecule has 2 saturated heterocycles. The van der Waals surface area contributed by atoms with Gasteiger partial charge in [-0.25, -0.2) is 4.98 Å². The van der Waals surface area contributed by atoms with E-state index in [1.165, 1.54) is 24.2 Å². The Labute approximate surface area is 141 Å². The minimum Gasteiger partial charge on any atom is -0.387 e. The van der Waals surface area contributed by atoms with Gasteiger partial charge in [0.2, 0.25) is 0 Å². The van der Waals surface area contributed by atoms with Gasteiger partial charge in [0, 0.05) is 13.1 Å². The summed E-state index contributed by atoms with van der Waals surface area (Å²) in [5, 5.41) is 11.6. The average Bonchev–Trinajstić information content (AvgIpc) is 3.19. The van der Waals surface area contributed by atoms with E-state index in [0.717, 1.165) is 24.6 Å². The van der Waals surface area contributed by atoms with Gasteiger partial charge in [0.25, 0.3) is 5.91 Å². The number of carbonyl (C=O) groups excluding carboxylic acids is 1. The Morgan fingerprint density at radius 3 is 2.83 bits per heavy atom. The Morgan fingerprint density at radius 2 is 2.13 bits per heavy atom. The minimum absolute atomic E-state index is 0.00449. The lowest BCUT2D eigenvalue weighted by Crippen LogP contribution is -2.43. The normalized spacial score (nSPS) is 25.7. The molecule has 7 heteroatoms. The van der Waals surface area contributed by atoms with Crippen LogP contribution in [0.3, 0.4) is 0 Å². The molecule has 0 saturated carbocycles. The minimum atomic E-state index is -0.789. The maximum Gasteiger partial charge on any atom is 0.265 e. The Balaban J connectivity index is 1.59. The van der Waals surface area contributed by atoms with E-state index >= 15 is 0 Å². The molecule has 6 nitrogen and oxygen atoms in total. The Hall–Kier alpha value is -1.02. The summed E-state index contributed by atoms with van der Waals surface area (Å²) in [6.07, 6.45) is 4.85. The van der Waals surface area contributed by atoms with Gasteiger partial charge in [0.05, 0.1) is 24.9 Å². The number of carbonyl (C=O) groups is 1. The molecule has 0 aliphatic carbocycles. The summed E-state index contributed by atoms with van der Waals surface area (Å²) in [4.78, 5) is 23.8. The molecule has 2 aliphatic heterocycles. The van der Waals surface area contributed by atoms with Crippen molar-refractivity contribution in [3.63, 3.8) is 0 Å². The van der Waals surface area contributed by atoms with Crippen LogP contribution < -0.4 is 0 Å². The topological polar surface area (TPSA) is 59.9 Å². The number of aliphatic hydroxyl groups is 1. The Bertz CT molecular complexity index is 556. The second kappa shape index (κ2) is 6.84. The zero-order valence-electron chi connectivity index (χ0n) is 14.0. The van der Waals surface area contributed by atoms with Crippen molar-refractivity contribution in [2.75, 3.05) is 46.8 Å². The van der Waals surface area contributed by atoms with E-state index in [1.54, 1.807) is 11.1 Å². The number of amides is 1. The van der Waals surface area contributed by atoms with E-state index in [0.29, 0.717) is 30.9 Å². The highest BCUT2D eigenvalue weighted by atomic mass is 32.1. The fraction of sp³-hybridized carbons (Fsp3) is 0.750. The fourth-order valence-electron chi connectivity index (χ4n) is 3.52. The van der Waals surface area contributed by atoms with Crippen molar-refractivity contribution in [1.82, 2.24) is 19.7 Å². The molecule has 1 amide bonds. The van der Waals surface area contributed by atoms with Crippen molar-refractivity contribution in [3.05, 3.63) is 16.1 Å². The summed E-state index contributed by atoms with van der Waals surface area (Å²) >= 11 is 1.49. The molecule has 1 N–H and O–H groups in total. The third kappa shape index (κ3) is 4.09. The molecule has 1 aromatic rings. The van der Waals surface area contributed by atoms with E-state index in [4.69, 9.17) is 0 Å². The van der Waals surface area contributed by atoms with Crippen LogP contribution in [0.4, 0.5) is 0 Å². The van der Waals surface area contributed by atoms with Gasteiger partial charge in [-0.05, 0) is 46.4 Å². The number of β-amino-alcohol motifs (C(OH)–C–C–N with tert-alkyl or cyclic N) is 1. The van der Waals surface area contributed by atoms with Crippen LogP contribution in [-0.4, -0.2) is 83.1 Å². The van der Waals surface area contributed by atoms with Gasteiger partial charge in [0.15, 0.2) is 0 Å². The molecule has 0 unspecified atom stereocenters. The van der Waals surface area contributed by atoms with Gasteiger partial charge >= 0.3 is 0 Å². The van der Waals surface area contributed by atoms with E-state index in [1.807, 2.05) is 19.0 Å². The van der Waals surface area contributed by atoms with Gasteiger partial charge < -0.3 is 14.9 Å². The number of likely N-dealkylation sites (N-methyl/N-ethyl adjacent to an activating group) is 1. The number of aromatic nitrogens is 1. The second-order valence-electron chi connectivity index (χ2n) is 7.04. The van der Waals surface area contributed by atoms with Crippen LogP contribution in [0.25, 0.3) is 0 Å². The van der Waals surface area contributed by atoms with Gasteiger partial charge in [0.1, 0.15) is 9.88 Å². The summed E-state index contributed by atoms with van der Waals surface area (Å²) in [5.41, 5.74) is -0.789. The van der Waals surface area contributed by atoms with E-state index in [-0.39, 0.29) is 5.91 Å². The third-order valence-corrected chi connectivity index (χ3v) is 5.52. The van der Waals surface area contributed by atoms with Crippen LogP contribution >= 0.6 is 11.3 Å². The largest absolute Gasteiger partial charge is 0.387 e. The maximum absolute atomic E-state index is 12.6. The summed E-state index contributed by atoms with van der Waals surface area (Å²) in [6.45, 7) is 4.72. The summed E-state index contributed by atoms with van der Waals surface area (Å²) in [7, 11) is 3.88. The van der Waals surface area contributed by atoms with Crippen LogP contribution in [0.2, 0.25) is 0 Å². The highest BCUT2D eigenvalue weighted by Gasteiger charge is 2.39. The molecular weight excluding hydrogens is 312 g/mol. The van der Waals surface area contributed by atoms with Crippen molar-refractivity contribution >= 4 is 17.2 Å². The number of rotatable bonds is 5. The van der Waals surface area contributed by atoms with E-state index in [9.17, 15) is 9.90 Å². The second-order valence-corrected chi connectivity index (χ2v) is 8.16. The molecule has 0 aromatic carbocycles. The average molecular weight is 338 g/mol. The molecular formula is C16H26N4O2S. The number of nitrogens with zero attached hydrogens (tertiary/aromatic N) is 4. The first-order valence-corrected chi connectivity index (χ1v) is 9.10. The molecule has 1 atom stereocenters. The van der Waals surface area contributed by atoms with Gasteiger partial charge in [-0.15, -0.1) is 11.3 Å². The van der Waals surface area contributed by atoms with Crippen molar-refractivity contribution < 1.29 is 9.90 Å². The number of thiazole rings is 1. The molecule has 3 rings (SSSR count). The first-order chi connectivity index (χ1) is 11.0. The van der Waals surface area contributed by atoms with Crippen LogP contribution in [-0.2, 0) is 6.54 Å². The number of likely N-dealkylation sites (tertiary alicyclic amines) is 2. The zero-order chi connectivity index (χ0) is 16.4. The highest BCUT2D eigenvalue weighted by Crippen LogP contribution is 2.26. The molecule has 0 spiro atoms. The molecule has 0 bridgehead atoms. The summed E-state index contributed by atoms with van der Waals surface area (Å²) in [5.74, 6) is 0.00449. The standard InChI is InChI=1S/C16H26N4O2S/c1-18(2)11-16(22)5-8-20(12-16)15(21)13-9-17-14(23-13)10-19-6-3-4-7-19/h9,22H,3-8,10-12H2,1-2H3/t16-/m0/s1. The first kappa shape index (κ1) is 16.8. The van der Waals surface area contributed by atoms with E-state index < -0.39 is 5.60 Å². The van der Waals surface area contributed by atoms with E-state index in [2.05, 4.69) is 9.88 Å². The van der Waals surface area contributed by atoms with Crippen molar-refractivity contribution in [2.45, 2.75) is 31.4 Å². The van der Waals surface area contributed by atoms with Crippen molar-refractivity contribution in [2.24, 2.45) is 0 Å². The smallest absolute Gasteiger partial charge is 0.265 e. The van der Waals surface area contributed by atoms with Crippen LogP contribution in [0, 0.1) is 0 Å². The summed E-state index contributed by atoms with van der Waals surface area (Å²) in [6, 6.07) is 0. The predicted octanol–water partition coefficient (Wildman–Crippen LogP) is 0.877. The van der Waals surface area contributed by atoms with Crippen LogP contribution in [0.5, 0.6) is 0 Å². The molecule has 2 fully saturated rings. The van der Waals surface area contributed by atoms with Crippen molar-refractivity contribution in [1.29, 1.82) is 0 Å². The number of hydrogen-bond acceptors (Lipinski definition) is 6. The lowest BCUT2D eigenvalue weighted by molar-refractivity contribution is 0.0237. The quantitative estimate of drug-likeness (QED) is 0.864. The molecule has 2 aliphatic rings. The predicted molar refractivity (Wildman–Crippen MR) is 90.6 cm³/mol. The van der Waals surface area contributed by atoms with Crippen LogP contribution in [0.15, 0.2) is 6.20 Å². The van der Waals surface area contributed by atoms with Gasteiger partial charge in [-0.3, -0.25) is 9.69 Å². The zero-order valence-corrected chi connectivity index (χ0v) is 14.8. The Kier molecular flexibility index (Phi) is 5.01. The molecule has 23 heavy (non-hydrogen) atoms. The third-order valence-electron chi connectivity index (χ3n) is 4.55. The summed E-state index contributed by atoms with van der Waals surface area (Å²) < 4.78 is 0. The van der Waals surface area contributed by atoms with Gasteiger partial charge in [-0.2, -0.15) is 0 Å². The maximum atomic E-state index is 12.6. The van der Waals surface area contributed by atoms with Crippen LogP contribution in [0.1, 0.15) is 33.9 Å². The molecule has 1 aromatic heterocycles. The van der Waals surface area contributed by atoms with Crippen molar-refractivity contribution in [3.8, 4) is 0 Å². The highest BCUT2D eigenvalue weighted by molar-refractivity contribution is 7.13. The van der Waals surface area contributed by atoms with Gasteiger partial charge in [-0.1, -0.05) is 0 Å². The molecule has 128 valence electrons. The lowest BCUT2D eigenvalue weighted by Gasteiger charge is -2.26. The lowest BCUT2D eigenvalue weighted by atomic mass is 10.0. The molecule has 3 heterocycles. The first-order valence-electron chi connectivity index (χ1n) is 8.29. The Morgan fingerprint density at radius 1 is 1.39 bits per heavy atom. The monoisotopic (exact) mass is 338 g/mol.